The van der Waals surface area contributed by atoms with Gasteiger partial charge in [-0.15, -0.1) is 0 Å². The summed E-state index contributed by atoms with van der Waals surface area (Å²) in [6.45, 7) is 7.67. The van der Waals surface area contributed by atoms with Crippen LogP contribution in [0.3, 0.4) is 0 Å². The molecule has 0 bridgehead atoms. The summed E-state index contributed by atoms with van der Waals surface area (Å²) < 4.78 is 11.0. The smallest absolute Gasteiger partial charge is 0.241 e. The number of anilines is 1. The SMILES string of the molecule is CCOc1ccc(CN(C)[C@H](C)C(=O)Nc2ccccc2OCC)cc1. The number of carbonyl (C=O) groups is 1. The standard InChI is InChI=1S/C21H28N2O3/c1-5-25-18-13-11-17(12-14-18)15-23(4)16(3)21(24)22-19-9-7-8-10-20(19)26-6-2/h7-14,16H,5-6,15H2,1-4H3,(H,22,24)/t16-/m1/s1. The Kier molecular flexibility index (Phi) is 7.48. The van der Waals surface area contributed by atoms with Gasteiger partial charge in [0.1, 0.15) is 11.5 Å². The van der Waals surface area contributed by atoms with Crippen molar-refractivity contribution in [1.82, 2.24) is 4.90 Å². The molecule has 0 aromatic heterocycles. The average Bonchev–Trinajstić information content (AvgIpc) is 2.64. The second kappa shape index (κ2) is 9.82. The van der Waals surface area contributed by atoms with Crippen molar-refractivity contribution in [3.8, 4) is 11.5 Å². The normalized spacial score (nSPS) is 11.9. The Balaban J connectivity index is 1.96. The van der Waals surface area contributed by atoms with Crippen molar-refractivity contribution in [2.45, 2.75) is 33.4 Å². The number of hydrogen-bond donors (Lipinski definition) is 1. The Morgan fingerprint density at radius 1 is 1.04 bits per heavy atom. The molecule has 0 unspecified atom stereocenters. The Morgan fingerprint density at radius 2 is 1.69 bits per heavy atom. The van der Waals surface area contributed by atoms with Crippen LogP contribution in [0, 0.1) is 0 Å². The van der Waals surface area contributed by atoms with Gasteiger partial charge in [0.05, 0.1) is 24.9 Å². The van der Waals surface area contributed by atoms with E-state index in [-0.39, 0.29) is 11.9 Å². The fraction of sp³-hybridized carbons (Fsp3) is 0.381. The van der Waals surface area contributed by atoms with Gasteiger partial charge in [0, 0.05) is 6.54 Å². The van der Waals surface area contributed by atoms with E-state index in [1.165, 1.54) is 0 Å². The molecule has 0 aliphatic carbocycles. The zero-order valence-electron chi connectivity index (χ0n) is 16.0. The van der Waals surface area contributed by atoms with E-state index in [2.05, 4.69) is 5.32 Å². The van der Waals surface area contributed by atoms with E-state index in [9.17, 15) is 4.79 Å². The van der Waals surface area contributed by atoms with Gasteiger partial charge in [-0.3, -0.25) is 9.69 Å². The average molecular weight is 356 g/mol. The molecule has 140 valence electrons. The van der Waals surface area contributed by atoms with Crippen LogP contribution in [0.1, 0.15) is 26.3 Å². The predicted molar refractivity (Wildman–Crippen MR) is 105 cm³/mol. The molecule has 0 spiro atoms. The molecule has 0 aliphatic rings. The quantitative estimate of drug-likeness (QED) is 0.739. The van der Waals surface area contributed by atoms with E-state index in [1.54, 1.807) is 0 Å². The van der Waals surface area contributed by atoms with Crippen molar-refractivity contribution in [3.05, 3.63) is 54.1 Å². The first kappa shape index (κ1) is 19.8. The number of likely N-dealkylation sites (N-methyl/N-ethyl adjacent to an activating group) is 1. The van der Waals surface area contributed by atoms with E-state index < -0.39 is 0 Å². The minimum Gasteiger partial charge on any atom is -0.494 e. The van der Waals surface area contributed by atoms with Gasteiger partial charge < -0.3 is 14.8 Å². The molecule has 0 radical (unpaired) electrons. The lowest BCUT2D eigenvalue weighted by Crippen LogP contribution is -2.39. The number of nitrogens with one attached hydrogen (secondary N) is 1. The number of ether oxygens (including phenoxy) is 2. The summed E-state index contributed by atoms with van der Waals surface area (Å²) in [5.74, 6) is 1.48. The highest BCUT2D eigenvalue weighted by atomic mass is 16.5. The summed E-state index contributed by atoms with van der Waals surface area (Å²) in [6, 6.07) is 15.2. The van der Waals surface area contributed by atoms with E-state index in [1.807, 2.05) is 81.2 Å². The Hall–Kier alpha value is -2.53. The highest BCUT2D eigenvalue weighted by Crippen LogP contribution is 2.24. The zero-order valence-corrected chi connectivity index (χ0v) is 16.0. The Bertz CT molecular complexity index is 701. The maximum atomic E-state index is 12.6. The minimum atomic E-state index is -0.281. The monoisotopic (exact) mass is 356 g/mol. The molecule has 0 aliphatic heterocycles. The van der Waals surface area contributed by atoms with Gasteiger partial charge in [-0.2, -0.15) is 0 Å². The van der Waals surface area contributed by atoms with E-state index in [0.29, 0.717) is 31.2 Å². The molecule has 1 N–H and O–H groups in total. The molecule has 0 saturated carbocycles. The topological polar surface area (TPSA) is 50.8 Å². The third-order valence-electron chi connectivity index (χ3n) is 4.15. The first-order chi connectivity index (χ1) is 12.5. The predicted octanol–water partition coefficient (Wildman–Crippen LogP) is 3.94. The molecule has 1 amide bonds. The molecule has 0 heterocycles. The van der Waals surface area contributed by atoms with Crippen molar-refractivity contribution in [1.29, 1.82) is 0 Å². The van der Waals surface area contributed by atoms with Gasteiger partial charge in [0.25, 0.3) is 0 Å². The Labute approximate surface area is 155 Å². The molecule has 1 atom stereocenters. The van der Waals surface area contributed by atoms with Crippen molar-refractivity contribution in [3.63, 3.8) is 0 Å². The van der Waals surface area contributed by atoms with Gasteiger partial charge >= 0.3 is 0 Å². The molecular formula is C21H28N2O3. The highest BCUT2D eigenvalue weighted by Gasteiger charge is 2.19. The zero-order chi connectivity index (χ0) is 18.9. The van der Waals surface area contributed by atoms with Gasteiger partial charge in [0.15, 0.2) is 0 Å². The second-order valence-electron chi connectivity index (χ2n) is 6.09. The third kappa shape index (κ3) is 5.49. The van der Waals surface area contributed by atoms with Crippen LogP contribution >= 0.6 is 0 Å². The molecule has 5 heteroatoms. The fourth-order valence-electron chi connectivity index (χ4n) is 2.57. The lowest BCUT2D eigenvalue weighted by Gasteiger charge is -2.24. The minimum absolute atomic E-state index is 0.0643. The molecule has 2 rings (SSSR count). The molecule has 0 fully saturated rings. The number of nitrogens with zero attached hydrogens (tertiary/aromatic N) is 1. The lowest BCUT2D eigenvalue weighted by molar-refractivity contribution is -0.120. The van der Waals surface area contributed by atoms with Crippen molar-refractivity contribution in [2.24, 2.45) is 0 Å². The highest BCUT2D eigenvalue weighted by molar-refractivity contribution is 5.95. The molecule has 26 heavy (non-hydrogen) atoms. The molecule has 2 aromatic carbocycles. The molecular weight excluding hydrogens is 328 g/mol. The van der Waals surface area contributed by atoms with Gasteiger partial charge in [-0.05, 0) is 57.6 Å². The molecule has 5 nitrogen and oxygen atoms in total. The number of amides is 1. The summed E-state index contributed by atoms with van der Waals surface area (Å²) in [5, 5.41) is 2.96. The summed E-state index contributed by atoms with van der Waals surface area (Å²) >= 11 is 0. The summed E-state index contributed by atoms with van der Waals surface area (Å²) in [4.78, 5) is 14.6. The van der Waals surface area contributed by atoms with Crippen LogP contribution in [-0.2, 0) is 11.3 Å². The van der Waals surface area contributed by atoms with E-state index >= 15 is 0 Å². The van der Waals surface area contributed by atoms with Crippen LogP contribution in [0.5, 0.6) is 11.5 Å². The van der Waals surface area contributed by atoms with Crippen LogP contribution in [0.2, 0.25) is 0 Å². The number of hydrogen-bond acceptors (Lipinski definition) is 4. The van der Waals surface area contributed by atoms with E-state index in [0.717, 1.165) is 11.3 Å². The number of para-hydroxylation sites is 2. The number of rotatable bonds is 9. The van der Waals surface area contributed by atoms with Gasteiger partial charge in [-0.1, -0.05) is 24.3 Å². The summed E-state index contributed by atoms with van der Waals surface area (Å²) in [6.07, 6.45) is 0. The maximum Gasteiger partial charge on any atom is 0.241 e. The second-order valence-corrected chi connectivity index (χ2v) is 6.09. The first-order valence-electron chi connectivity index (χ1n) is 8.99. The maximum absolute atomic E-state index is 12.6. The number of carbonyl (C=O) groups excluding carboxylic acids is 1. The first-order valence-corrected chi connectivity index (χ1v) is 8.99. The van der Waals surface area contributed by atoms with Crippen LogP contribution in [0.15, 0.2) is 48.5 Å². The van der Waals surface area contributed by atoms with Crippen LogP contribution in [0.4, 0.5) is 5.69 Å². The van der Waals surface area contributed by atoms with Gasteiger partial charge in [0.2, 0.25) is 5.91 Å². The van der Waals surface area contributed by atoms with Crippen molar-refractivity contribution < 1.29 is 14.3 Å². The van der Waals surface area contributed by atoms with Crippen LogP contribution < -0.4 is 14.8 Å². The summed E-state index contributed by atoms with van der Waals surface area (Å²) in [7, 11) is 1.94. The Morgan fingerprint density at radius 3 is 2.35 bits per heavy atom. The van der Waals surface area contributed by atoms with Gasteiger partial charge in [-0.25, -0.2) is 0 Å². The van der Waals surface area contributed by atoms with Crippen LogP contribution in [0.25, 0.3) is 0 Å². The number of benzene rings is 2. The van der Waals surface area contributed by atoms with E-state index in [4.69, 9.17) is 9.47 Å². The van der Waals surface area contributed by atoms with Crippen LogP contribution in [-0.4, -0.2) is 37.1 Å². The summed E-state index contributed by atoms with van der Waals surface area (Å²) in [5.41, 5.74) is 1.82. The molecule has 2 aromatic rings. The third-order valence-corrected chi connectivity index (χ3v) is 4.15. The molecule has 0 saturated heterocycles. The van der Waals surface area contributed by atoms with Crippen molar-refractivity contribution in [2.75, 3.05) is 25.6 Å². The largest absolute Gasteiger partial charge is 0.494 e. The fourth-order valence-corrected chi connectivity index (χ4v) is 2.57. The van der Waals surface area contributed by atoms with Crippen molar-refractivity contribution >= 4 is 11.6 Å². The lowest BCUT2D eigenvalue weighted by atomic mass is 10.1.